The van der Waals surface area contributed by atoms with E-state index in [0.717, 1.165) is 32.7 Å². The van der Waals surface area contributed by atoms with E-state index in [1.54, 1.807) is 12.3 Å². The minimum Gasteiger partial charge on any atom is -0.779 e. The molecule has 0 aliphatic rings. The van der Waals surface area contributed by atoms with Gasteiger partial charge in [-0.05, 0) is 55.6 Å². The van der Waals surface area contributed by atoms with Gasteiger partial charge in [-0.3, -0.25) is 4.98 Å². The Balaban J connectivity index is 0.000000220. The molecular weight excluding hydrogens is 415 g/mol. The maximum absolute atomic E-state index is 5.82. The molecule has 4 aromatic rings. The second-order valence-corrected chi connectivity index (χ2v) is 7.53. The first-order valence-electron chi connectivity index (χ1n) is 9.57. The molecule has 0 saturated carbocycles. The van der Waals surface area contributed by atoms with Gasteiger partial charge in [0.25, 0.3) is 0 Å². The maximum Gasteiger partial charge on any atom is 1.00 e. The third kappa shape index (κ3) is 6.48. The van der Waals surface area contributed by atoms with E-state index in [1.807, 2.05) is 74.5 Å². The summed E-state index contributed by atoms with van der Waals surface area (Å²) in [5, 5.41) is 1.93. The van der Waals surface area contributed by atoms with Gasteiger partial charge in [-0.15, -0.1) is 0 Å². The molecule has 31 heavy (non-hydrogen) atoms. The topological polar surface area (TPSA) is 100 Å². The molecule has 0 saturated heterocycles. The second kappa shape index (κ2) is 11.2. The van der Waals surface area contributed by atoms with Crippen molar-refractivity contribution in [2.75, 3.05) is 17.2 Å². The minimum absolute atomic E-state index is 0. The summed E-state index contributed by atoms with van der Waals surface area (Å²) in [5.74, 6) is 0.874. The first-order valence-corrected chi connectivity index (χ1v) is 9.98. The summed E-state index contributed by atoms with van der Waals surface area (Å²) in [7, 11) is 0. The van der Waals surface area contributed by atoms with Crippen LogP contribution in [0.1, 0.15) is 13.8 Å². The van der Waals surface area contributed by atoms with Crippen LogP contribution in [0.5, 0.6) is 5.75 Å². The van der Waals surface area contributed by atoms with Gasteiger partial charge in [0.15, 0.2) is 0 Å². The van der Waals surface area contributed by atoms with Crippen molar-refractivity contribution in [1.82, 2.24) is 4.98 Å². The van der Waals surface area contributed by atoms with Crippen molar-refractivity contribution in [2.45, 2.75) is 24.8 Å². The van der Waals surface area contributed by atoms with Gasteiger partial charge < -0.3 is 34.6 Å². The SMILES string of the molecule is CC(C)Oc1ccc(-c2ccc(N)cn2)cc1.Nc1cc([S-])c2ccccc2c1N.[Na+]. The Hall–Kier alpha value is -2.51. The van der Waals surface area contributed by atoms with Crippen molar-refractivity contribution in [1.29, 1.82) is 0 Å². The van der Waals surface area contributed by atoms with Gasteiger partial charge in [-0.1, -0.05) is 30.3 Å². The molecule has 0 amide bonds. The summed E-state index contributed by atoms with van der Waals surface area (Å²) in [5.41, 5.74) is 20.9. The number of anilines is 3. The Morgan fingerprint density at radius 1 is 0.871 bits per heavy atom. The van der Waals surface area contributed by atoms with Crippen LogP contribution >= 0.6 is 0 Å². The summed E-state index contributed by atoms with van der Waals surface area (Å²) in [6.45, 7) is 4.02. The summed E-state index contributed by atoms with van der Waals surface area (Å²) >= 11 is 5.17. The zero-order chi connectivity index (χ0) is 21.7. The monoisotopic (exact) mass is 440 g/mol. The molecule has 1 heterocycles. The smallest absolute Gasteiger partial charge is 0.779 e. The van der Waals surface area contributed by atoms with E-state index in [2.05, 4.69) is 4.98 Å². The quantitative estimate of drug-likeness (QED) is 0.256. The zero-order valence-corrected chi connectivity index (χ0v) is 20.8. The normalized spacial score (nSPS) is 10.2. The number of hydrogen-bond acceptors (Lipinski definition) is 6. The van der Waals surface area contributed by atoms with Gasteiger partial charge in [-0.2, -0.15) is 4.90 Å². The molecule has 6 N–H and O–H groups in total. The molecule has 3 aromatic carbocycles. The zero-order valence-electron chi connectivity index (χ0n) is 18.0. The molecule has 7 heteroatoms. The van der Waals surface area contributed by atoms with Crippen LogP contribution in [-0.2, 0) is 12.6 Å². The number of ether oxygens (including phenoxy) is 1. The average Bonchev–Trinajstić information content (AvgIpc) is 2.73. The van der Waals surface area contributed by atoms with E-state index >= 15 is 0 Å². The molecule has 0 spiro atoms. The molecule has 0 radical (unpaired) electrons. The van der Waals surface area contributed by atoms with E-state index in [9.17, 15) is 0 Å². The Morgan fingerprint density at radius 2 is 1.52 bits per heavy atom. The van der Waals surface area contributed by atoms with Gasteiger partial charge in [0.05, 0.1) is 35.1 Å². The van der Waals surface area contributed by atoms with Crippen LogP contribution in [0.15, 0.2) is 77.8 Å². The summed E-state index contributed by atoms with van der Waals surface area (Å²) < 4.78 is 5.58. The fourth-order valence-electron chi connectivity index (χ4n) is 2.94. The first-order chi connectivity index (χ1) is 14.3. The number of aromatic nitrogens is 1. The molecule has 0 fully saturated rings. The van der Waals surface area contributed by atoms with Crippen LogP contribution in [0.25, 0.3) is 22.0 Å². The van der Waals surface area contributed by atoms with Gasteiger partial charge in [0, 0.05) is 10.9 Å². The van der Waals surface area contributed by atoms with Gasteiger partial charge in [0.1, 0.15) is 5.75 Å². The predicted molar refractivity (Wildman–Crippen MR) is 128 cm³/mol. The van der Waals surface area contributed by atoms with Crippen LogP contribution in [0.3, 0.4) is 0 Å². The molecule has 4 rings (SSSR count). The molecule has 0 unspecified atom stereocenters. The molecule has 154 valence electrons. The number of fused-ring (bicyclic) bond motifs is 1. The van der Waals surface area contributed by atoms with E-state index in [4.69, 9.17) is 34.6 Å². The predicted octanol–water partition coefficient (Wildman–Crippen LogP) is 2.03. The van der Waals surface area contributed by atoms with Crippen molar-refractivity contribution in [3.8, 4) is 17.0 Å². The number of nitrogens with two attached hydrogens (primary N) is 3. The average molecular weight is 441 g/mol. The van der Waals surface area contributed by atoms with E-state index in [0.29, 0.717) is 17.1 Å². The van der Waals surface area contributed by atoms with E-state index < -0.39 is 0 Å². The molecule has 0 aliphatic carbocycles. The number of nitrogens with zero attached hydrogens (tertiary/aromatic N) is 1. The number of benzene rings is 3. The van der Waals surface area contributed by atoms with E-state index in [1.165, 1.54) is 0 Å². The van der Waals surface area contributed by atoms with Crippen LogP contribution < -0.4 is 51.5 Å². The molecular formula is C24H25N4NaOS. The Morgan fingerprint density at radius 3 is 2.10 bits per heavy atom. The second-order valence-electron chi connectivity index (χ2n) is 7.09. The summed E-state index contributed by atoms with van der Waals surface area (Å²) in [4.78, 5) is 5.03. The maximum atomic E-state index is 5.82. The minimum atomic E-state index is 0. The molecule has 0 aliphatic heterocycles. The summed E-state index contributed by atoms with van der Waals surface area (Å²) in [6.07, 6.45) is 1.85. The van der Waals surface area contributed by atoms with Crippen molar-refractivity contribution in [3.05, 3.63) is 72.9 Å². The number of rotatable bonds is 3. The van der Waals surface area contributed by atoms with Gasteiger partial charge in [0.2, 0.25) is 0 Å². The van der Waals surface area contributed by atoms with Crippen LogP contribution in [0.2, 0.25) is 0 Å². The Kier molecular flexibility index (Phi) is 8.95. The van der Waals surface area contributed by atoms with Crippen LogP contribution in [0.4, 0.5) is 17.1 Å². The van der Waals surface area contributed by atoms with Gasteiger partial charge >= 0.3 is 29.6 Å². The third-order valence-electron chi connectivity index (χ3n) is 4.39. The summed E-state index contributed by atoms with van der Waals surface area (Å²) in [6, 6.07) is 21.1. The van der Waals surface area contributed by atoms with Crippen molar-refractivity contribution < 1.29 is 34.3 Å². The third-order valence-corrected chi connectivity index (χ3v) is 4.73. The fourth-order valence-corrected chi connectivity index (χ4v) is 3.24. The standard InChI is InChI=1S/C14H16N2O.C10H10N2S.Na/c1-10(2)17-13-6-3-11(4-7-13)14-8-5-12(15)9-16-14;11-8-5-9(13)6-3-1-2-4-7(6)10(8)12;/h3-10H,15H2,1-2H3;1-5,13H,11-12H2;/q;;+1/p-1. The van der Waals surface area contributed by atoms with Crippen molar-refractivity contribution >= 4 is 40.5 Å². The molecule has 0 atom stereocenters. The molecule has 5 nitrogen and oxygen atoms in total. The first kappa shape index (κ1) is 24.8. The van der Waals surface area contributed by atoms with Crippen molar-refractivity contribution in [3.63, 3.8) is 0 Å². The van der Waals surface area contributed by atoms with Crippen molar-refractivity contribution in [2.24, 2.45) is 0 Å². The molecule has 1 aromatic heterocycles. The van der Waals surface area contributed by atoms with Crippen LogP contribution in [-0.4, -0.2) is 11.1 Å². The number of pyridine rings is 1. The Labute approximate surface area is 210 Å². The Bertz CT molecular complexity index is 1130. The van der Waals surface area contributed by atoms with Gasteiger partial charge in [-0.25, -0.2) is 0 Å². The largest absolute Gasteiger partial charge is 1.00 e. The molecule has 0 bridgehead atoms. The van der Waals surface area contributed by atoms with E-state index in [-0.39, 0.29) is 35.7 Å². The number of nitrogen functional groups attached to an aromatic ring is 3. The van der Waals surface area contributed by atoms with Crippen LogP contribution in [0, 0.1) is 0 Å². The fraction of sp³-hybridized carbons (Fsp3) is 0.125. The number of hydrogen-bond donors (Lipinski definition) is 3.